The number of anilines is 1. The Balaban J connectivity index is 2.22. The van der Waals surface area contributed by atoms with E-state index in [9.17, 15) is 8.78 Å². The topological polar surface area (TPSA) is 29.3 Å². The van der Waals surface area contributed by atoms with Crippen molar-refractivity contribution in [1.82, 2.24) is 0 Å². The van der Waals surface area contributed by atoms with Gasteiger partial charge in [-0.2, -0.15) is 0 Å². The van der Waals surface area contributed by atoms with Gasteiger partial charge in [-0.05, 0) is 30.4 Å². The van der Waals surface area contributed by atoms with E-state index in [1.165, 1.54) is 6.07 Å². The van der Waals surface area contributed by atoms with E-state index >= 15 is 0 Å². The van der Waals surface area contributed by atoms with Crippen LogP contribution in [0.1, 0.15) is 45.1 Å². The molecule has 5 heteroatoms. The first kappa shape index (κ1) is 16.1. The van der Waals surface area contributed by atoms with E-state index < -0.39 is 11.6 Å². The maximum atomic E-state index is 14.2. The molecule has 1 saturated heterocycles. The van der Waals surface area contributed by atoms with Gasteiger partial charge in [-0.25, -0.2) is 8.78 Å². The molecule has 2 N–H and O–H groups in total. The summed E-state index contributed by atoms with van der Waals surface area (Å²) in [6.07, 6.45) is 4.29. The molecule has 0 amide bonds. The lowest BCUT2D eigenvalue weighted by atomic mass is 9.74. The van der Waals surface area contributed by atoms with Crippen molar-refractivity contribution < 1.29 is 8.78 Å². The Hall–Kier alpha value is -1.23. The van der Waals surface area contributed by atoms with Gasteiger partial charge in [0.15, 0.2) is 11.6 Å². The molecule has 0 saturated carbocycles. The molecule has 1 aliphatic heterocycles. The summed E-state index contributed by atoms with van der Waals surface area (Å²) in [6.45, 7) is 5.92. The van der Waals surface area contributed by atoms with Crippen LogP contribution in [0.2, 0.25) is 0 Å². The van der Waals surface area contributed by atoms with Gasteiger partial charge >= 0.3 is 0 Å². The average Bonchev–Trinajstić information content (AvgIpc) is 2.50. The van der Waals surface area contributed by atoms with Gasteiger partial charge in [0.1, 0.15) is 4.99 Å². The molecule has 1 aromatic carbocycles. The van der Waals surface area contributed by atoms with Gasteiger partial charge in [0, 0.05) is 18.7 Å². The number of halogens is 2. The van der Waals surface area contributed by atoms with Crippen LogP contribution in [0.15, 0.2) is 12.1 Å². The van der Waals surface area contributed by atoms with Gasteiger partial charge in [-0.3, -0.25) is 0 Å². The zero-order valence-electron chi connectivity index (χ0n) is 12.6. The molecule has 0 radical (unpaired) electrons. The number of thiocarbonyl (C=S) groups is 1. The zero-order valence-corrected chi connectivity index (χ0v) is 13.4. The summed E-state index contributed by atoms with van der Waals surface area (Å²) >= 11 is 4.73. The van der Waals surface area contributed by atoms with E-state index in [-0.39, 0.29) is 10.6 Å². The Bertz CT molecular complexity index is 531. The van der Waals surface area contributed by atoms with Gasteiger partial charge in [0.05, 0.1) is 5.69 Å². The zero-order chi connectivity index (χ0) is 15.6. The first-order chi connectivity index (χ1) is 9.94. The number of nitrogens with two attached hydrogens (primary N) is 1. The maximum absolute atomic E-state index is 14.2. The smallest absolute Gasteiger partial charge is 0.182 e. The van der Waals surface area contributed by atoms with E-state index in [1.54, 1.807) is 6.07 Å². The predicted octanol–water partition coefficient (Wildman–Crippen LogP) is 4.01. The molecule has 0 atom stereocenters. The fourth-order valence-corrected chi connectivity index (χ4v) is 3.31. The van der Waals surface area contributed by atoms with Crippen molar-refractivity contribution in [2.45, 2.75) is 39.5 Å². The van der Waals surface area contributed by atoms with Crippen molar-refractivity contribution in [3.63, 3.8) is 0 Å². The molecule has 0 bridgehead atoms. The van der Waals surface area contributed by atoms with E-state index in [0.29, 0.717) is 11.1 Å². The fourth-order valence-electron chi connectivity index (χ4n) is 3.15. The highest BCUT2D eigenvalue weighted by Crippen LogP contribution is 2.39. The summed E-state index contributed by atoms with van der Waals surface area (Å²) in [7, 11) is 0. The number of nitrogens with zero attached hydrogens (tertiary/aromatic N) is 1. The Morgan fingerprint density at radius 3 is 2.24 bits per heavy atom. The molecular weight excluding hydrogens is 290 g/mol. The molecule has 2 nitrogen and oxygen atoms in total. The van der Waals surface area contributed by atoms with Gasteiger partial charge in [0.25, 0.3) is 0 Å². The van der Waals surface area contributed by atoms with E-state index in [0.717, 1.165) is 38.8 Å². The van der Waals surface area contributed by atoms with Gasteiger partial charge < -0.3 is 10.6 Å². The molecule has 2 rings (SSSR count). The molecule has 1 aliphatic rings. The molecule has 0 unspecified atom stereocenters. The molecule has 0 aliphatic carbocycles. The Morgan fingerprint density at radius 2 is 1.76 bits per heavy atom. The second-order valence-corrected chi connectivity index (χ2v) is 6.26. The van der Waals surface area contributed by atoms with Gasteiger partial charge in [-0.1, -0.05) is 38.9 Å². The second-order valence-electron chi connectivity index (χ2n) is 5.82. The standard InChI is InChI=1S/C16H22F2N2S/c1-3-16(4-2)7-9-20(10-8-16)12-6-5-11(15(19)21)13(17)14(12)18/h5-6H,3-4,7-10H2,1-2H3,(H2,19,21). The number of piperidine rings is 1. The van der Waals surface area contributed by atoms with Crippen molar-refractivity contribution in [2.75, 3.05) is 18.0 Å². The number of benzene rings is 1. The highest BCUT2D eigenvalue weighted by Gasteiger charge is 2.32. The Kier molecular flexibility index (Phi) is 4.81. The molecule has 21 heavy (non-hydrogen) atoms. The maximum Gasteiger partial charge on any atom is 0.182 e. The second kappa shape index (κ2) is 6.26. The quantitative estimate of drug-likeness (QED) is 0.852. The first-order valence-corrected chi connectivity index (χ1v) is 7.87. The minimum atomic E-state index is -0.942. The van der Waals surface area contributed by atoms with Crippen molar-refractivity contribution >= 4 is 22.9 Å². The Morgan fingerprint density at radius 1 is 1.19 bits per heavy atom. The third-order valence-corrected chi connectivity index (χ3v) is 5.21. The number of hydrogen-bond acceptors (Lipinski definition) is 2. The SMILES string of the molecule is CCC1(CC)CCN(c2ccc(C(N)=S)c(F)c2F)CC1. The van der Waals surface area contributed by atoms with Crippen molar-refractivity contribution in [3.05, 3.63) is 29.3 Å². The van der Waals surface area contributed by atoms with Crippen LogP contribution in [-0.4, -0.2) is 18.1 Å². The van der Waals surface area contributed by atoms with Crippen LogP contribution in [0.5, 0.6) is 0 Å². The van der Waals surface area contributed by atoms with Crippen molar-refractivity contribution in [3.8, 4) is 0 Å². The summed E-state index contributed by atoms with van der Waals surface area (Å²) in [4.78, 5) is 1.80. The largest absolute Gasteiger partial charge is 0.389 e. The summed E-state index contributed by atoms with van der Waals surface area (Å²) in [5.74, 6) is -1.79. The lowest BCUT2D eigenvalue weighted by molar-refractivity contribution is 0.199. The first-order valence-electron chi connectivity index (χ1n) is 7.47. The number of hydrogen-bond donors (Lipinski definition) is 1. The summed E-state index contributed by atoms with van der Waals surface area (Å²) < 4.78 is 28.2. The van der Waals surface area contributed by atoms with Crippen LogP contribution in [0.25, 0.3) is 0 Å². The lowest BCUT2D eigenvalue weighted by Gasteiger charge is -2.42. The van der Waals surface area contributed by atoms with Crippen LogP contribution in [0.4, 0.5) is 14.5 Å². The third kappa shape index (κ3) is 3.03. The van der Waals surface area contributed by atoms with Crippen molar-refractivity contribution in [2.24, 2.45) is 11.1 Å². The van der Waals surface area contributed by atoms with Crippen LogP contribution < -0.4 is 10.6 Å². The molecule has 1 fully saturated rings. The fraction of sp³-hybridized carbons (Fsp3) is 0.562. The van der Waals surface area contributed by atoms with Crippen LogP contribution in [-0.2, 0) is 0 Å². The summed E-state index contributed by atoms with van der Waals surface area (Å²) in [6, 6.07) is 3.05. The monoisotopic (exact) mass is 312 g/mol. The average molecular weight is 312 g/mol. The van der Waals surface area contributed by atoms with Gasteiger partial charge in [0.2, 0.25) is 0 Å². The summed E-state index contributed by atoms with van der Waals surface area (Å²) in [5.41, 5.74) is 6.03. The molecular formula is C16H22F2N2S. The Labute approximate surface area is 130 Å². The van der Waals surface area contributed by atoms with Gasteiger partial charge in [-0.15, -0.1) is 0 Å². The molecule has 116 valence electrons. The minimum absolute atomic E-state index is 0.0280. The van der Waals surface area contributed by atoms with E-state index in [1.807, 2.05) is 4.90 Å². The lowest BCUT2D eigenvalue weighted by Crippen LogP contribution is -2.40. The highest BCUT2D eigenvalue weighted by molar-refractivity contribution is 7.80. The molecule has 0 aromatic heterocycles. The molecule has 0 spiro atoms. The van der Waals surface area contributed by atoms with E-state index in [4.69, 9.17) is 18.0 Å². The minimum Gasteiger partial charge on any atom is -0.389 e. The van der Waals surface area contributed by atoms with E-state index in [2.05, 4.69) is 13.8 Å². The molecule has 1 aromatic rings. The van der Waals surface area contributed by atoms with Crippen LogP contribution in [0, 0.1) is 17.0 Å². The van der Waals surface area contributed by atoms with Crippen LogP contribution in [0.3, 0.4) is 0 Å². The van der Waals surface area contributed by atoms with Crippen LogP contribution >= 0.6 is 12.2 Å². The van der Waals surface area contributed by atoms with Crippen molar-refractivity contribution in [1.29, 1.82) is 0 Å². The third-order valence-electron chi connectivity index (χ3n) is 4.99. The molecule has 1 heterocycles. The number of rotatable bonds is 4. The predicted molar refractivity (Wildman–Crippen MR) is 86.7 cm³/mol. The summed E-state index contributed by atoms with van der Waals surface area (Å²) in [5, 5.41) is 0. The normalized spacial score (nSPS) is 17.8. The highest BCUT2D eigenvalue weighted by atomic mass is 32.1.